The molecule has 0 unspecified atom stereocenters. The van der Waals surface area contributed by atoms with Gasteiger partial charge in [-0.25, -0.2) is 0 Å². The van der Waals surface area contributed by atoms with Crippen molar-refractivity contribution in [3.63, 3.8) is 0 Å². The fourth-order valence-electron chi connectivity index (χ4n) is 0.500. The van der Waals surface area contributed by atoms with Gasteiger partial charge in [0.05, 0.1) is 0 Å². The fourth-order valence-corrected chi connectivity index (χ4v) is 2.82. The summed E-state index contributed by atoms with van der Waals surface area (Å²) in [5, 5.41) is 0. The van der Waals surface area contributed by atoms with Gasteiger partial charge in [-0.15, -0.1) is 0 Å². The average molecular weight is 308 g/mol. The number of hydrogen-bond acceptors (Lipinski definition) is 1. The molecule has 0 atom stereocenters. The van der Waals surface area contributed by atoms with Crippen molar-refractivity contribution in [1.29, 1.82) is 0 Å². The Balaban J connectivity index is 3.67. The minimum atomic E-state index is -4.70. The van der Waals surface area contributed by atoms with Gasteiger partial charge in [-0.05, 0) is 0 Å². The van der Waals surface area contributed by atoms with Gasteiger partial charge in [-0.1, -0.05) is 0 Å². The van der Waals surface area contributed by atoms with Crippen LogP contribution in [-0.2, 0) is 4.79 Å². The van der Waals surface area contributed by atoms with Crippen molar-refractivity contribution in [3.05, 3.63) is 10.2 Å². The quantitative estimate of drug-likeness (QED) is 0.433. The zero-order valence-corrected chi connectivity index (χ0v) is 9.56. The second-order valence-electron chi connectivity index (χ2n) is 2.39. The first-order chi connectivity index (χ1) is 5.98. The summed E-state index contributed by atoms with van der Waals surface area (Å²) in [7, 11) is 0. The van der Waals surface area contributed by atoms with Gasteiger partial charge in [-0.2, -0.15) is 0 Å². The van der Waals surface area contributed by atoms with Gasteiger partial charge >= 0.3 is 85.3 Å². The van der Waals surface area contributed by atoms with Crippen molar-refractivity contribution in [3.8, 4) is 0 Å². The first-order valence-electron chi connectivity index (χ1n) is 3.87. The number of halogens is 3. The predicted molar refractivity (Wildman–Crippen MR) is 45.7 cm³/mol. The Kier molecular flexibility index (Phi) is 6.44. The molecule has 0 aliphatic carbocycles. The Hall–Kier alpha value is -0.0104. The average Bonchev–Trinajstić information content (AvgIpc) is 2.02. The van der Waals surface area contributed by atoms with E-state index in [9.17, 15) is 18.0 Å². The Morgan fingerprint density at radius 2 is 2.08 bits per heavy atom. The molecule has 0 saturated carbocycles. The monoisotopic (exact) mass is 310 g/mol. The number of carbonyl (C=O) groups is 1. The second-order valence-corrected chi connectivity index (χ2v) is 5.28. The van der Waals surface area contributed by atoms with Crippen molar-refractivity contribution >= 4 is 26.7 Å². The van der Waals surface area contributed by atoms with E-state index in [4.69, 9.17) is 0 Å². The van der Waals surface area contributed by atoms with Crippen LogP contribution in [0.15, 0.2) is 10.2 Å². The Labute approximate surface area is 85.5 Å². The first kappa shape index (κ1) is 13.0. The second kappa shape index (κ2) is 6.44. The van der Waals surface area contributed by atoms with E-state index in [-0.39, 0.29) is 0 Å². The van der Waals surface area contributed by atoms with Crippen LogP contribution in [0, 0.1) is 0 Å². The molecular formula is C8H11F3OTe. The van der Waals surface area contributed by atoms with E-state index in [1.54, 1.807) is 0 Å². The van der Waals surface area contributed by atoms with Crippen LogP contribution < -0.4 is 0 Å². The molecule has 0 spiro atoms. The van der Waals surface area contributed by atoms with E-state index in [0.717, 1.165) is 17.3 Å². The molecule has 0 heterocycles. The summed E-state index contributed by atoms with van der Waals surface area (Å²) in [6.07, 6.45) is -1.95. The molecular weight excluding hydrogens is 297 g/mol. The summed E-state index contributed by atoms with van der Waals surface area (Å²) in [5.74, 6) is -1.74. The van der Waals surface area contributed by atoms with Crippen LogP contribution >= 0.6 is 0 Å². The Morgan fingerprint density at radius 1 is 1.46 bits per heavy atom. The van der Waals surface area contributed by atoms with Crippen molar-refractivity contribution in [2.75, 3.05) is 0 Å². The van der Waals surface area contributed by atoms with Crippen LogP contribution in [-0.4, -0.2) is 32.9 Å². The molecule has 5 heteroatoms. The van der Waals surface area contributed by atoms with Gasteiger partial charge in [-0.3, -0.25) is 0 Å². The number of unbranched alkanes of at least 4 members (excludes halogenated alkanes) is 1. The number of allylic oxidation sites excluding steroid dienone is 1. The SMILES string of the molecule is CCCC[Te]/C=C\C(=O)C(F)(F)F. The summed E-state index contributed by atoms with van der Waals surface area (Å²) in [5.41, 5.74) is 0. The maximum atomic E-state index is 11.6. The van der Waals surface area contributed by atoms with Crippen molar-refractivity contribution in [2.24, 2.45) is 0 Å². The summed E-state index contributed by atoms with van der Waals surface area (Å²) < 4.78 is 37.3. The molecule has 0 bridgehead atoms. The summed E-state index contributed by atoms with van der Waals surface area (Å²) >= 11 is -0.529. The molecule has 1 nitrogen and oxygen atoms in total. The van der Waals surface area contributed by atoms with Crippen molar-refractivity contribution in [2.45, 2.75) is 30.4 Å². The van der Waals surface area contributed by atoms with Gasteiger partial charge in [0.15, 0.2) is 0 Å². The number of carbonyl (C=O) groups excluding carboxylic acids is 1. The van der Waals surface area contributed by atoms with Crippen LogP contribution in [0.25, 0.3) is 0 Å². The van der Waals surface area contributed by atoms with E-state index in [1.807, 2.05) is 6.92 Å². The van der Waals surface area contributed by atoms with Gasteiger partial charge in [0.25, 0.3) is 0 Å². The fraction of sp³-hybridized carbons (Fsp3) is 0.625. The molecule has 0 amide bonds. The molecule has 0 aliphatic heterocycles. The molecule has 0 aliphatic rings. The first-order valence-corrected chi connectivity index (χ1v) is 6.87. The maximum absolute atomic E-state index is 11.6. The summed E-state index contributed by atoms with van der Waals surface area (Å²) in [6, 6.07) is 0. The number of rotatable bonds is 5. The third kappa shape index (κ3) is 7.09. The summed E-state index contributed by atoms with van der Waals surface area (Å²) in [4.78, 5) is 10.3. The van der Waals surface area contributed by atoms with Gasteiger partial charge in [0, 0.05) is 0 Å². The topological polar surface area (TPSA) is 17.1 Å². The number of alkyl halides is 3. The van der Waals surface area contributed by atoms with Crippen LogP contribution in [0.4, 0.5) is 13.2 Å². The van der Waals surface area contributed by atoms with E-state index in [1.165, 1.54) is 4.12 Å². The zero-order valence-electron chi connectivity index (χ0n) is 7.23. The number of hydrogen-bond donors (Lipinski definition) is 0. The summed E-state index contributed by atoms with van der Waals surface area (Å²) in [6.45, 7) is 2.03. The predicted octanol–water partition coefficient (Wildman–Crippen LogP) is 2.55. The van der Waals surface area contributed by atoms with Crippen LogP contribution in [0.1, 0.15) is 19.8 Å². The van der Waals surface area contributed by atoms with Crippen LogP contribution in [0.3, 0.4) is 0 Å². The van der Waals surface area contributed by atoms with Crippen LogP contribution in [0.2, 0.25) is 4.47 Å². The minimum absolute atomic E-state index is 0.529. The van der Waals surface area contributed by atoms with Gasteiger partial charge < -0.3 is 0 Å². The third-order valence-electron chi connectivity index (χ3n) is 1.21. The van der Waals surface area contributed by atoms with E-state index in [2.05, 4.69) is 0 Å². The molecule has 0 aromatic carbocycles. The molecule has 0 N–H and O–H groups in total. The molecule has 13 heavy (non-hydrogen) atoms. The Bertz CT molecular complexity index is 186. The third-order valence-corrected chi connectivity index (χ3v) is 3.65. The zero-order chi connectivity index (χ0) is 10.3. The molecule has 0 aromatic heterocycles. The van der Waals surface area contributed by atoms with Crippen molar-refractivity contribution in [1.82, 2.24) is 0 Å². The molecule has 0 fully saturated rings. The van der Waals surface area contributed by atoms with E-state index >= 15 is 0 Å². The van der Waals surface area contributed by atoms with Gasteiger partial charge in [0.1, 0.15) is 0 Å². The molecule has 0 saturated heterocycles. The van der Waals surface area contributed by atoms with Crippen LogP contribution in [0.5, 0.6) is 0 Å². The van der Waals surface area contributed by atoms with Gasteiger partial charge in [0.2, 0.25) is 0 Å². The normalized spacial score (nSPS) is 12.3. The Morgan fingerprint density at radius 3 is 2.54 bits per heavy atom. The van der Waals surface area contributed by atoms with E-state index < -0.39 is 32.9 Å². The van der Waals surface area contributed by atoms with E-state index in [0.29, 0.717) is 6.08 Å². The molecule has 76 valence electrons. The molecule has 0 radical (unpaired) electrons. The molecule has 0 rings (SSSR count). The standard InChI is InChI=1S/C8H11F3OTe/c1-2-3-5-13-6-4-7(12)8(9,10)11/h4,6H,2-3,5H2,1H3/b6-4-. The molecule has 0 aromatic rings. The number of ketones is 1. The van der Waals surface area contributed by atoms with Crippen molar-refractivity contribution < 1.29 is 18.0 Å².